The third-order valence-electron chi connectivity index (χ3n) is 5.85. The largest absolute Gasteiger partial charge is 0.454 e. The van der Waals surface area contributed by atoms with Crippen LogP contribution >= 0.6 is 0 Å². The van der Waals surface area contributed by atoms with Crippen molar-refractivity contribution >= 4 is 15.9 Å². The van der Waals surface area contributed by atoms with Crippen LogP contribution in [-0.4, -0.2) is 47.4 Å². The number of benzene rings is 2. The van der Waals surface area contributed by atoms with Crippen molar-refractivity contribution < 1.29 is 31.8 Å². The molecule has 0 saturated carbocycles. The van der Waals surface area contributed by atoms with Crippen LogP contribution in [0.5, 0.6) is 11.5 Å². The highest BCUT2D eigenvalue weighted by atomic mass is 32.2. The molecule has 0 aromatic heterocycles. The van der Waals surface area contributed by atoms with Crippen molar-refractivity contribution in [2.45, 2.75) is 30.1 Å². The van der Waals surface area contributed by atoms with Gasteiger partial charge >= 0.3 is 0 Å². The maximum atomic E-state index is 14.4. The summed E-state index contributed by atoms with van der Waals surface area (Å²) >= 11 is 0. The fraction of sp³-hybridized carbons (Fsp3) is 0.409. The van der Waals surface area contributed by atoms with E-state index in [9.17, 15) is 17.6 Å². The molecule has 172 valence electrons. The molecule has 0 bridgehead atoms. The average molecular weight is 465 g/mol. The summed E-state index contributed by atoms with van der Waals surface area (Å²) in [6, 6.07) is 8.86. The number of hydrogen-bond acceptors (Lipinski definition) is 6. The molecule has 2 N–H and O–H groups in total. The zero-order valence-electron chi connectivity index (χ0n) is 17.6. The predicted molar refractivity (Wildman–Crippen MR) is 114 cm³/mol. The van der Waals surface area contributed by atoms with E-state index in [2.05, 4.69) is 10.0 Å². The van der Waals surface area contributed by atoms with Gasteiger partial charge in [-0.2, -0.15) is 0 Å². The molecule has 0 radical (unpaired) electrons. The van der Waals surface area contributed by atoms with Crippen molar-refractivity contribution in [3.8, 4) is 11.5 Å². The van der Waals surface area contributed by atoms with Crippen molar-refractivity contribution in [2.75, 3.05) is 33.1 Å². The van der Waals surface area contributed by atoms with E-state index < -0.39 is 27.2 Å². The van der Waals surface area contributed by atoms with Gasteiger partial charge < -0.3 is 19.5 Å². The highest BCUT2D eigenvalue weighted by molar-refractivity contribution is 7.89. The first kappa shape index (κ1) is 22.5. The Morgan fingerprint density at radius 2 is 1.84 bits per heavy atom. The number of fused-ring (bicyclic) bond motifs is 1. The number of sulfonamides is 1. The Morgan fingerprint density at radius 3 is 2.59 bits per heavy atom. The summed E-state index contributed by atoms with van der Waals surface area (Å²) in [4.78, 5) is 12.7. The first-order chi connectivity index (χ1) is 15.3. The monoisotopic (exact) mass is 464 g/mol. The van der Waals surface area contributed by atoms with Crippen LogP contribution in [0, 0.1) is 5.82 Å². The molecule has 8 nitrogen and oxygen atoms in total. The zero-order valence-corrected chi connectivity index (χ0v) is 18.5. The number of carbonyl (C=O) groups excluding carboxylic acids is 1. The molecule has 32 heavy (non-hydrogen) atoms. The average Bonchev–Trinajstić information content (AvgIpc) is 3.26. The molecule has 2 heterocycles. The summed E-state index contributed by atoms with van der Waals surface area (Å²) in [5.41, 5.74) is 0.213. The van der Waals surface area contributed by atoms with Crippen LogP contribution in [0.3, 0.4) is 0 Å². The normalized spacial score (nSPS) is 17.2. The maximum absolute atomic E-state index is 14.4. The van der Waals surface area contributed by atoms with Crippen molar-refractivity contribution in [2.24, 2.45) is 0 Å². The van der Waals surface area contributed by atoms with E-state index in [4.69, 9.17) is 14.2 Å². The molecule has 0 unspecified atom stereocenters. The summed E-state index contributed by atoms with van der Waals surface area (Å²) < 4.78 is 57.6. The van der Waals surface area contributed by atoms with E-state index in [1.807, 2.05) is 18.2 Å². The molecule has 10 heteroatoms. The van der Waals surface area contributed by atoms with Gasteiger partial charge in [0, 0.05) is 31.7 Å². The van der Waals surface area contributed by atoms with Crippen LogP contribution in [0.25, 0.3) is 0 Å². The Balaban J connectivity index is 1.57. The number of nitrogens with one attached hydrogen (secondary N) is 2. The molecule has 0 aliphatic carbocycles. The SMILES string of the molecule is CCNS(=O)(=O)c1ccc(F)c(C(=O)NCC2(c3ccc4c(c3)OCO4)CCOCC2)c1. The van der Waals surface area contributed by atoms with Crippen LogP contribution in [0.1, 0.15) is 35.7 Å². The molecular formula is C22H25FN2O6S. The molecule has 1 amide bonds. The topological polar surface area (TPSA) is 103 Å². The summed E-state index contributed by atoms with van der Waals surface area (Å²) in [6.07, 6.45) is 1.31. The van der Waals surface area contributed by atoms with Gasteiger partial charge in [-0.25, -0.2) is 17.5 Å². The maximum Gasteiger partial charge on any atom is 0.254 e. The molecule has 1 saturated heterocycles. The second kappa shape index (κ2) is 9.05. The molecule has 2 aliphatic heterocycles. The van der Waals surface area contributed by atoms with Crippen LogP contribution < -0.4 is 19.5 Å². The predicted octanol–water partition coefficient (Wildman–Crippen LogP) is 2.33. The van der Waals surface area contributed by atoms with E-state index in [0.29, 0.717) is 37.6 Å². The lowest BCUT2D eigenvalue weighted by Gasteiger charge is -2.38. The molecule has 2 aromatic carbocycles. The fourth-order valence-corrected chi connectivity index (χ4v) is 5.09. The third kappa shape index (κ3) is 4.43. The lowest BCUT2D eigenvalue weighted by atomic mass is 9.74. The van der Waals surface area contributed by atoms with Gasteiger partial charge in [0.15, 0.2) is 11.5 Å². The minimum atomic E-state index is -3.82. The van der Waals surface area contributed by atoms with Crippen LogP contribution in [0.2, 0.25) is 0 Å². The molecular weight excluding hydrogens is 439 g/mol. The van der Waals surface area contributed by atoms with Crippen molar-refractivity contribution in [1.82, 2.24) is 10.0 Å². The zero-order chi connectivity index (χ0) is 22.8. The highest BCUT2D eigenvalue weighted by Gasteiger charge is 2.36. The van der Waals surface area contributed by atoms with Crippen LogP contribution in [0.4, 0.5) is 4.39 Å². The Bertz CT molecular complexity index is 1120. The van der Waals surface area contributed by atoms with E-state index in [0.717, 1.165) is 23.8 Å². The lowest BCUT2D eigenvalue weighted by Crippen LogP contribution is -2.44. The second-order valence-corrected chi connectivity index (χ2v) is 9.55. The van der Waals surface area contributed by atoms with Crippen molar-refractivity contribution in [3.63, 3.8) is 0 Å². The van der Waals surface area contributed by atoms with Gasteiger partial charge in [0.2, 0.25) is 16.8 Å². The highest BCUT2D eigenvalue weighted by Crippen LogP contribution is 2.40. The third-order valence-corrected chi connectivity index (χ3v) is 7.39. The van der Waals surface area contributed by atoms with Crippen LogP contribution in [0.15, 0.2) is 41.3 Å². The first-order valence-corrected chi connectivity index (χ1v) is 11.9. The summed E-state index contributed by atoms with van der Waals surface area (Å²) in [6.45, 7) is 3.26. The van der Waals surface area contributed by atoms with Gasteiger partial charge in [0.1, 0.15) is 5.82 Å². The van der Waals surface area contributed by atoms with Gasteiger partial charge in [0.25, 0.3) is 5.91 Å². The Hall–Kier alpha value is -2.69. The standard InChI is InChI=1S/C22H25FN2O6S/c1-2-25-32(27,28)16-4-5-18(23)17(12-16)21(26)24-13-22(7-9-29-10-8-22)15-3-6-19-20(11-15)31-14-30-19/h3-6,11-12,25H,2,7-10,13-14H2,1H3,(H,24,26). The Kier molecular flexibility index (Phi) is 6.36. The summed E-state index contributed by atoms with van der Waals surface area (Å²) in [5, 5.41) is 2.81. The number of amides is 1. The number of halogens is 1. The van der Waals surface area contributed by atoms with Crippen LogP contribution in [-0.2, 0) is 20.2 Å². The molecule has 0 atom stereocenters. The van der Waals surface area contributed by atoms with Crippen molar-refractivity contribution in [1.29, 1.82) is 0 Å². The lowest BCUT2D eigenvalue weighted by molar-refractivity contribution is 0.0486. The van der Waals surface area contributed by atoms with Crippen molar-refractivity contribution in [3.05, 3.63) is 53.3 Å². The van der Waals surface area contributed by atoms with E-state index in [-0.39, 0.29) is 30.3 Å². The number of carbonyl (C=O) groups is 1. The summed E-state index contributed by atoms with van der Waals surface area (Å²) in [5.74, 6) is -0.155. The fourth-order valence-electron chi connectivity index (χ4n) is 4.02. The van der Waals surface area contributed by atoms with Gasteiger partial charge in [0.05, 0.1) is 10.5 Å². The Labute approximate surface area is 186 Å². The van der Waals surface area contributed by atoms with E-state index in [1.54, 1.807) is 6.92 Å². The Morgan fingerprint density at radius 1 is 1.09 bits per heavy atom. The minimum absolute atomic E-state index is 0.164. The number of hydrogen-bond donors (Lipinski definition) is 2. The van der Waals surface area contributed by atoms with Gasteiger partial charge in [-0.05, 0) is 48.7 Å². The quantitative estimate of drug-likeness (QED) is 0.652. The van der Waals surface area contributed by atoms with Gasteiger partial charge in [-0.1, -0.05) is 13.0 Å². The molecule has 2 aliphatic rings. The number of ether oxygens (including phenoxy) is 3. The van der Waals surface area contributed by atoms with E-state index >= 15 is 0 Å². The minimum Gasteiger partial charge on any atom is -0.454 e. The smallest absolute Gasteiger partial charge is 0.254 e. The molecule has 2 aromatic rings. The molecule has 0 spiro atoms. The second-order valence-electron chi connectivity index (χ2n) is 7.79. The van der Waals surface area contributed by atoms with Gasteiger partial charge in [-0.15, -0.1) is 0 Å². The van der Waals surface area contributed by atoms with Gasteiger partial charge in [-0.3, -0.25) is 4.79 Å². The number of rotatable bonds is 7. The summed E-state index contributed by atoms with van der Waals surface area (Å²) in [7, 11) is -3.82. The van der Waals surface area contributed by atoms with E-state index in [1.165, 1.54) is 0 Å². The first-order valence-electron chi connectivity index (χ1n) is 10.4. The molecule has 4 rings (SSSR count). The molecule has 1 fully saturated rings.